The van der Waals surface area contributed by atoms with Crippen LogP contribution in [0.3, 0.4) is 0 Å². The van der Waals surface area contributed by atoms with E-state index in [1.807, 2.05) is 36.4 Å². The average Bonchev–Trinajstić information content (AvgIpc) is 2.72. The predicted molar refractivity (Wildman–Crippen MR) is 110 cm³/mol. The van der Waals surface area contributed by atoms with Crippen molar-refractivity contribution in [3.05, 3.63) is 95.6 Å². The van der Waals surface area contributed by atoms with E-state index in [0.29, 0.717) is 18.9 Å². The van der Waals surface area contributed by atoms with E-state index in [9.17, 15) is 4.79 Å². The number of rotatable bonds is 8. The zero-order valence-corrected chi connectivity index (χ0v) is 16.3. The highest BCUT2D eigenvalue weighted by Crippen LogP contribution is 2.28. The number of nitrogens with zero attached hydrogens (tertiary/aromatic N) is 2. The summed E-state index contributed by atoms with van der Waals surface area (Å²) in [5.41, 5.74) is 9.06. The number of nitrogens with one attached hydrogen (secondary N) is 1. The quantitative estimate of drug-likeness (QED) is 0.634. The van der Waals surface area contributed by atoms with Crippen LogP contribution in [0, 0.1) is 0 Å². The van der Waals surface area contributed by atoms with Gasteiger partial charge < -0.3 is 5.73 Å². The summed E-state index contributed by atoms with van der Waals surface area (Å²) in [6.07, 6.45) is 7.38. The first-order valence-electron chi connectivity index (χ1n) is 9.44. The summed E-state index contributed by atoms with van der Waals surface area (Å²) in [7, 11) is 0. The summed E-state index contributed by atoms with van der Waals surface area (Å²) in [4.78, 5) is 20.9. The number of benzene rings is 1. The van der Waals surface area contributed by atoms with Crippen molar-refractivity contribution >= 4 is 5.91 Å². The van der Waals surface area contributed by atoms with Crippen molar-refractivity contribution in [3.8, 4) is 0 Å². The lowest BCUT2D eigenvalue weighted by Gasteiger charge is -2.33. The molecule has 3 aromatic rings. The van der Waals surface area contributed by atoms with Crippen LogP contribution in [0.1, 0.15) is 42.0 Å². The molecule has 1 atom stereocenters. The van der Waals surface area contributed by atoms with Crippen LogP contribution < -0.4 is 11.1 Å². The van der Waals surface area contributed by atoms with Gasteiger partial charge in [0.25, 0.3) is 0 Å². The maximum Gasteiger partial charge on any atom is 0.242 e. The van der Waals surface area contributed by atoms with E-state index < -0.39 is 11.4 Å². The Hall–Kier alpha value is -3.05. The number of hydrogen-bond acceptors (Lipinski definition) is 4. The molecule has 0 saturated heterocycles. The molecule has 0 aliphatic rings. The Bertz CT molecular complexity index is 895. The molecule has 5 nitrogen and oxygen atoms in total. The van der Waals surface area contributed by atoms with Crippen molar-refractivity contribution in [2.24, 2.45) is 5.73 Å². The summed E-state index contributed by atoms with van der Waals surface area (Å²) in [6.45, 7) is 4.80. The van der Waals surface area contributed by atoms with Crippen LogP contribution in [0.4, 0.5) is 0 Å². The topological polar surface area (TPSA) is 80.9 Å². The van der Waals surface area contributed by atoms with Crippen molar-refractivity contribution < 1.29 is 4.79 Å². The minimum atomic E-state index is -1.03. The Kier molecular flexibility index (Phi) is 6.16. The van der Waals surface area contributed by atoms with Gasteiger partial charge in [-0.1, -0.05) is 38.1 Å². The largest absolute Gasteiger partial charge is 0.368 e. The lowest BCUT2D eigenvalue weighted by Crippen LogP contribution is -2.54. The third-order valence-corrected chi connectivity index (χ3v) is 5.05. The molecule has 0 bridgehead atoms. The highest BCUT2D eigenvalue weighted by Gasteiger charge is 2.38. The SMILES string of the molecule is CC(C)c1ccc(C(Cc2ccncc2)(NCc2ccncc2)C(N)=O)cc1. The third kappa shape index (κ3) is 4.43. The van der Waals surface area contributed by atoms with Crippen LogP contribution >= 0.6 is 0 Å². The Morgan fingerprint density at radius 3 is 1.96 bits per heavy atom. The fourth-order valence-electron chi connectivity index (χ4n) is 3.30. The second-order valence-corrected chi connectivity index (χ2v) is 7.29. The molecule has 0 aliphatic carbocycles. The van der Waals surface area contributed by atoms with Gasteiger partial charge in [-0.25, -0.2) is 0 Å². The van der Waals surface area contributed by atoms with E-state index in [1.165, 1.54) is 5.56 Å². The normalized spacial score (nSPS) is 13.2. The van der Waals surface area contributed by atoms with Crippen LogP contribution in [-0.4, -0.2) is 15.9 Å². The van der Waals surface area contributed by atoms with Gasteiger partial charge in [0.2, 0.25) is 5.91 Å². The Balaban J connectivity index is 2.00. The molecule has 3 N–H and O–H groups in total. The Morgan fingerprint density at radius 2 is 1.46 bits per heavy atom. The maximum atomic E-state index is 12.8. The van der Waals surface area contributed by atoms with Gasteiger partial charge in [-0.05, 0) is 52.4 Å². The molecule has 28 heavy (non-hydrogen) atoms. The first kappa shape index (κ1) is 19.7. The molecule has 2 aromatic heterocycles. The molecule has 5 heteroatoms. The summed E-state index contributed by atoms with van der Waals surface area (Å²) in [5.74, 6) is 0.0117. The zero-order chi connectivity index (χ0) is 20.0. The highest BCUT2D eigenvalue weighted by atomic mass is 16.1. The summed E-state index contributed by atoms with van der Waals surface area (Å²) in [6, 6.07) is 15.8. The Labute approximate surface area is 166 Å². The summed E-state index contributed by atoms with van der Waals surface area (Å²) < 4.78 is 0. The second-order valence-electron chi connectivity index (χ2n) is 7.29. The molecule has 2 heterocycles. The lowest BCUT2D eigenvalue weighted by molar-refractivity contribution is -0.125. The molecule has 0 fully saturated rings. The molecule has 1 aromatic carbocycles. The van der Waals surface area contributed by atoms with E-state index in [-0.39, 0.29) is 0 Å². The number of aromatic nitrogens is 2. The van der Waals surface area contributed by atoms with Gasteiger partial charge in [0, 0.05) is 37.8 Å². The molecule has 3 rings (SSSR count). The van der Waals surface area contributed by atoms with Crippen molar-refractivity contribution in [2.75, 3.05) is 0 Å². The molecule has 144 valence electrons. The van der Waals surface area contributed by atoms with Crippen LogP contribution in [0.25, 0.3) is 0 Å². The standard InChI is InChI=1S/C23H26N4O/c1-17(2)20-3-5-21(6-4-20)23(22(24)28,15-18-7-11-25-12-8-18)27-16-19-9-13-26-14-10-19/h3-14,17,27H,15-16H2,1-2H3,(H2,24,28). The van der Waals surface area contributed by atoms with E-state index in [4.69, 9.17) is 5.73 Å². The van der Waals surface area contributed by atoms with Gasteiger partial charge in [-0.3, -0.25) is 20.1 Å². The molecule has 1 amide bonds. The van der Waals surface area contributed by atoms with Crippen LogP contribution in [0.15, 0.2) is 73.3 Å². The van der Waals surface area contributed by atoms with E-state index in [1.54, 1.807) is 24.8 Å². The van der Waals surface area contributed by atoms with Gasteiger partial charge in [-0.2, -0.15) is 0 Å². The zero-order valence-electron chi connectivity index (χ0n) is 16.3. The van der Waals surface area contributed by atoms with Gasteiger partial charge in [0.05, 0.1) is 0 Å². The molecule has 0 saturated carbocycles. The molecule has 0 spiro atoms. The molecule has 1 unspecified atom stereocenters. The number of hydrogen-bond donors (Lipinski definition) is 2. The van der Waals surface area contributed by atoms with Crippen LogP contribution in [0.5, 0.6) is 0 Å². The van der Waals surface area contributed by atoms with Crippen LogP contribution in [0.2, 0.25) is 0 Å². The number of carbonyl (C=O) groups excluding carboxylic acids is 1. The number of nitrogens with two attached hydrogens (primary N) is 1. The van der Waals surface area contributed by atoms with Crippen molar-refractivity contribution in [2.45, 2.75) is 38.3 Å². The molecular weight excluding hydrogens is 348 g/mol. The van der Waals surface area contributed by atoms with Crippen molar-refractivity contribution in [1.29, 1.82) is 0 Å². The van der Waals surface area contributed by atoms with E-state index in [0.717, 1.165) is 16.7 Å². The van der Waals surface area contributed by atoms with Gasteiger partial charge >= 0.3 is 0 Å². The minimum Gasteiger partial charge on any atom is -0.368 e. The lowest BCUT2D eigenvalue weighted by atomic mass is 9.82. The number of amides is 1. The van der Waals surface area contributed by atoms with Crippen LogP contribution in [-0.2, 0) is 23.3 Å². The number of primary amides is 1. The van der Waals surface area contributed by atoms with E-state index in [2.05, 4.69) is 41.3 Å². The number of carbonyl (C=O) groups is 1. The first-order chi connectivity index (χ1) is 13.5. The maximum absolute atomic E-state index is 12.8. The van der Waals surface area contributed by atoms with Gasteiger partial charge in [-0.15, -0.1) is 0 Å². The van der Waals surface area contributed by atoms with Gasteiger partial charge in [0.15, 0.2) is 0 Å². The third-order valence-electron chi connectivity index (χ3n) is 5.05. The molecule has 0 aliphatic heterocycles. The summed E-state index contributed by atoms with van der Waals surface area (Å²) >= 11 is 0. The fraction of sp³-hybridized carbons (Fsp3) is 0.261. The van der Waals surface area contributed by atoms with Crippen molar-refractivity contribution in [1.82, 2.24) is 15.3 Å². The fourth-order valence-corrected chi connectivity index (χ4v) is 3.30. The second kappa shape index (κ2) is 8.76. The first-order valence-corrected chi connectivity index (χ1v) is 9.44. The molecule has 0 radical (unpaired) electrons. The predicted octanol–water partition coefficient (Wildman–Crippen LogP) is 3.31. The Morgan fingerprint density at radius 1 is 0.929 bits per heavy atom. The smallest absolute Gasteiger partial charge is 0.242 e. The highest BCUT2D eigenvalue weighted by molar-refractivity contribution is 5.86. The van der Waals surface area contributed by atoms with E-state index >= 15 is 0 Å². The summed E-state index contributed by atoms with van der Waals surface area (Å²) in [5, 5.41) is 3.44. The monoisotopic (exact) mass is 374 g/mol. The van der Waals surface area contributed by atoms with Crippen molar-refractivity contribution in [3.63, 3.8) is 0 Å². The average molecular weight is 374 g/mol. The molecular formula is C23H26N4O. The number of pyridine rings is 2. The minimum absolute atomic E-state index is 0.407. The van der Waals surface area contributed by atoms with Gasteiger partial charge in [0.1, 0.15) is 5.54 Å².